The number of hydrogen-bond donors (Lipinski definition) is 0. The molecule has 2 aliphatic rings. The van der Waals surface area contributed by atoms with E-state index in [4.69, 9.17) is 4.74 Å². The van der Waals surface area contributed by atoms with Crippen LogP contribution in [-0.4, -0.2) is 47.6 Å². The Kier molecular flexibility index (Phi) is 2.97. The van der Waals surface area contributed by atoms with E-state index in [1.165, 1.54) is 13.8 Å². The van der Waals surface area contributed by atoms with Crippen LogP contribution in [0.25, 0.3) is 0 Å². The van der Waals surface area contributed by atoms with E-state index in [0.717, 1.165) is 0 Å². The van der Waals surface area contributed by atoms with Crippen LogP contribution in [0.2, 0.25) is 0 Å². The Morgan fingerprint density at radius 1 is 1.47 bits per heavy atom. The predicted molar refractivity (Wildman–Crippen MR) is 59.2 cm³/mol. The summed E-state index contributed by atoms with van der Waals surface area (Å²) in [6, 6.07) is -0.439. The normalized spacial score (nSPS) is 40.5. The lowest BCUT2D eigenvalue weighted by Crippen LogP contribution is -2.43. The average molecular weight is 243 g/mol. The number of ketones is 1. The fraction of sp³-hybridized carbons (Fsp3) is 0.833. The Morgan fingerprint density at radius 2 is 2.12 bits per heavy atom. The molecule has 3 unspecified atom stereocenters. The molecule has 2 fully saturated rings. The molecule has 2 saturated heterocycles. The molecule has 0 bridgehead atoms. The molecule has 2 heterocycles. The molecular formula is C12H18FNO3. The fourth-order valence-electron chi connectivity index (χ4n) is 3.09. The highest BCUT2D eigenvalue weighted by Gasteiger charge is 2.54. The molecule has 0 aromatic heterocycles. The Morgan fingerprint density at radius 3 is 2.59 bits per heavy atom. The second-order valence-corrected chi connectivity index (χ2v) is 5.33. The summed E-state index contributed by atoms with van der Waals surface area (Å²) in [5.74, 6) is -0.221. The van der Waals surface area contributed by atoms with Gasteiger partial charge in [-0.2, -0.15) is 0 Å². The zero-order valence-electron chi connectivity index (χ0n) is 10.4. The minimum absolute atomic E-state index is 0.0422. The van der Waals surface area contributed by atoms with Crippen molar-refractivity contribution >= 4 is 11.7 Å². The van der Waals surface area contributed by atoms with Gasteiger partial charge in [0.25, 0.3) is 0 Å². The third kappa shape index (κ3) is 1.97. The van der Waals surface area contributed by atoms with Crippen molar-refractivity contribution in [2.24, 2.45) is 5.92 Å². The number of alkyl halides is 1. The Balaban J connectivity index is 2.22. The van der Waals surface area contributed by atoms with Crippen molar-refractivity contribution in [2.45, 2.75) is 44.9 Å². The molecule has 17 heavy (non-hydrogen) atoms. The molecule has 2 rings (SSSR count). The van der Waals surface area contributed by atoms with Gasteiger partial charge in [-0.05, 0) is 20.3 Å². The summed E-state index contributed by atoms with van der Waals surface area (Å²) in [5, 5.41) is 0. The number of rotatable bonds is 2. The summed E-state index contributed by atoms with van der Waals surface area (Å²) in [5.41, 5.74) is -0.786. The minimum Gasteiger partial charge on any atom is -0.367 e. The maximum Gasteiger partial charge on any atom is 0.220 e. The zero-order valence-corrected chi connectivity index (χ0v) is 10.4. The number of fused-ring (bicyclic) bond motifs is 1. The van der Waals surface area contributed by atoms with E-state index >= 15 is 0 Å². The van der Waals surface area contributed by atoms with Crippen LogP contribution in [0.3, 0.4) is 0 Å². The average Bonchev–Trinajstić information content (AvgIpc) is 2.70. The molecule has 4 atom stereocenters. The largest absolute Gasteiger partial charge is 0.367 e. The molecule has 0 aliphatic carbocycles. The van der Waals surface area contributed by atoms with Gasteiger partial charge in [-0.25, -0.2) is 4.39 Å². The number of likely N-dealkylation sites (tertiary alicyclic amines) is 1. The van der Waals surface area contributed by atoms with Gasteiger partial charge in [0.1, 0.15) is 6.67 Å². The lowest BCUT2D eigenvalue weighted by Gasteiger charge is -2.27. The second kappa shape index (κ2) is 4.05. The highest BCUT2D eigenvalue weighted by Crippen LogP contribution is 2.43. The number of nitrogens with zero attached hydrogens (tertiary/aromatic N) is 1. The molecular weight excluding hydrogens is 225 g/mol. The smallest absolute Gasteiger partial charge is 0.220 e. The van der Waals surface area contributed by atoms with E-state index < -0.39 is 18.3 Å². The van der Waals surface area contributed by atoms with Crippen LogP contribution in [0.4, 0.5) is 4.39 Å². The maximum absolute atomic E-state index is 12.9. The highest BCUT2D eigenvalue weighted by molar-refractivity contribution is 5.88. The van der Waals surface area contributed by atoms with Gasteiger partial charge in [0.2, 0.25) is 5.91 Å². The summed E-state index contributed by atoms with van der Waals surface area (Å²) >= 11 is 0. The first-order chi connectivity index (χ1) is 7.88. The van der Waals surface area contributed by atoms with E-state index in [1.807, 2.05) is 0 Å². The number of Topliss-reactive ketones (excluding diaryl/α,β-unsaturated/α-hetero) is 1. The van der Waals surface area contributed by atoms with Gasteiger partial charge in [0, 0.05) is 19.4 Å². The number of carbonyl (C=O) groups excluding carboxylic acids is 2. The lowest BCUT2D eigenvalue weighted by atomic mass is 9.88. The number of ether oxygens (including phenoxy) is 1. The molecule has 96 valence electrons. The summed E-state index contributed by atoms with van der Waals surface area (Å²) < 4.78 is 18.5. The summed E-state index contributed by atoms with van der Waals surface area (Å²) in [7, 11) is 0. The summed E-state index contributed by atoms with van der Waals surface area (Å²) in [6.07, 6.45) is 0.302. The van der Waals surface area contributed by atoms with Crippen LogP contribution in [0, 0.1) is 5.92 Å². The van der Waals surface area contributed by atoms with E-state index in [2.05, 4.69) is 0 Å². The second-order valence-electron chi connectivity index (χ2n) is 5.33. The molecule has 0 aromatic rings. The van der Waals surface area contributed by atoms with E-state index in [1.54, 1.807) is 11.8 Å². The van der Waals surface area contributed by atoms with Crippen molar-refractivity contribution in [3.8, 4) is 0 Å². The Labute approximate surface area is 100 Å². The molecule has 0 radical (unpaired) electrons. The highest BCUT2D eigenvalue weighted by atomic mass is 19.1. The van der Waals surface area contributed by atoms with Crippen LogP contribution >= 0.6 is 0 Å². The molecule has 0 spiro atoms. The van der Waals surface area contributed by atoms with Gasteiger partial charge in [-0.15, -0.1) is 0 Å². The fourth-order valence-corrected chi connectivity index (χ4v) is 3.09. The van der Waals surface area contributed by atoms with Gasteiger partial charge < -0.3 is 9.64 Å². The van der Waals surface area contributed by atoms with Crippen LogP contribution in [0.5, 0.6) is 0 Å². The van der Waals surface area contributed by atoms with E-state index in [9.17, 15) is 14.0 Å². The number of carbonyl (C=O) groups is 2. The molecule has 4 nitrogen and oxygen atoms in total. The van der Waals surface area contributed by atoms with Gasteiger partial charge in [-0.3, -0.25) is 9.59 Å². The van der Waals surface area contributed by atoms with Crippen molar-refractivity contribution in [2.75, 3.05) is 13.2 Å². The van der Waals surface area contributed by atoms with Crippen LogP contribution in [-0.2, 0) is 14.3 Å². The first-order valence-electron chi connectivity index (χ1n) is 5.89. The SMILES string of the molecule is CC(=O)[C@@H]1C2CC(C)(CF)OC2CN1C(C)=O. The van der Waals surface area contributed by atoms with E-state index in [0.29, 0.717) is 13.0 Å². The number of amides is 1. The maximum atomic E-state index is 12.9. The van der Waals surface area contributed by atoms with E-state index in [-0.39, 0.29) is 23.7 Å². The van der Waals surface area contributed by atoms with Gasteiger partial charge in [0.05, 0.1) is 17.7 Å². The number of hydrogen-bond acceptors (Lipinski definition) is 3. The first kappa shape index (κ1) is 12.5. The molecule has 1 amide bonds. The van der Waals surface area contributed by atoms with Crippen LogP contribution in [0.1, 0.15) is 27.2 Å². The van der Waals surface area contributed by atoms with Crippen molar-refractivity contribution in [3.63, 3.8) is 0 Å². The topological polar surface area (TPSA) is 46.6 Å². The van der Waals surface area contributed by atoms with Gasteiger partial charge in [0.15, 0.2) is 5.78 Å². The monoisotopic (exact) mass is 243 g/mol. The predicted octanol–water partition coefficient (Wildman–Crippen LogP) is 0.939. The van der Waals surface area contributed by atoms with Crippen LogP contribution in [0.15, 0.2) is 0 Å². The quantitative estimate of drug-likeness (QED) is 0.725. The van der Waals surface area contributed by atoms with Gasteiger partial charge >= 0.3 is 0 Å². The lowest BCUT2D eigenvalue weighted by molar-refractivity contribution is -0.137. The summed E-state index contributed by atoms with van der Waals surface area (Å²) in [6.45, 7) is 4.50. The van der Waals surface area contributed by atoms with Crippen LogP contribution < -0.4 is 0 Å². The first-order valence-corrected chi connectivity index (χ1v) is 5.89. The molecule has 5 heteroatoms. The molecule has 2 aliphatic heterocycles. The third-order valence-electron chi connectivity index (χ3n) is 3.80. The molecule has 0 aromatic carbocycles. The minimum atomic E-state index is -0.786. The van der Waals surface area contributed by atoms with Crippen molar-refractivity contribution < 1.29 is 18.7 Å². The standard InChI is InChI=1S/C12H18FNO3/c1-7(15)11-9-4-12(3,6-13)17-10(9)5-14(11)8(2)16/h9-11H,4-6H2,1-3H3/t9?,10?,11-,12?/m1/s1. The Bertz CT molecular complexity index is 360. The van der Waals surface area contributed by atoms with Crippen molar-refractivity contribution in [3.05, 3.63) is 0 Å². The molecule has 0 saturated carbocycles. The zero-order chi connectivity index (χ0) is 12.8. The number of halogens is 1. The van der Waals surface area contributed by atoms with Gasteiger partial charge in [-0.1, -0.05) is 0 Å². The van der Waals surface area contributed by atoms with Crippen molar-refractivity contribution in [1.82, 2.24) is 4.90 Å². The third-order valence-corrected chi connectivity index (χ3v) is 3.80. The molecule has 0 N–H and O–H groups in total. The Hall–Kier alpha value is -0.970. The summed E-state index contributed by atoms with van der Waals surface area (Å²) in [4.78, 5) is 24.7. The van der Waals surface area contributed by atoms with Crippen molar-refractivity contribution in [1.29, 1.82) is 0 Å².